The van der Waals surface area contributed by atoms with Crippen LogP contribution in [0, 0.1) is 11.8 Å². The number of fused-ring (bicyclic) bond motifs is 1. The molecule has 3 heterocycles. The Morgan fingerprint density at radius 3 is 2.55 bits per heavy atom. The number of benzene rings is 1. The number of anilines is 1. The highest BCUT2D eigenvalue weighted by molar-refractivity contribution is 6.23. The molecule has 5 rings (SSSR count). The summed E-state index contributed by atoms with van der Waals surface area (Å²) in [5, 5.41) is 9.18. The number of hydrogen-bond donors (Lipinski definition) is 3. The quantitative estimate of drug-likeness (QED) is 0.638. The molecule has 1 aromatic rings. The molecule has 3 unspecified atom stereocenters. The highest BCUT2D eigenvalue weighted by Gasteiger charge is 2.44. The van der Waals surface area contributed by atoms with Gasteiger partial charge in [0.1, 0.15) is 6.04 Å². The lowest BCUT2D eigenvalue weighted by Gasteiger charge is -2.27. The Morgan fingerprint density at radius 1 is 1.00 bits per heavy atom. The van der Waals surface area contributed by atoms with Gasteiger partial charge >= 0.3 is 0 Å². The molecule has 4 aliphatic rings. The van der Waals surface area contributed by atoms with E-state index in [1.807, 2.05) is 0 Å². The lowest BCUT2D eigenvalue weighted by molar-refractivity contribution is -0.136. The van der Waals surface area contributed by atoms with Crippen molar-refractivity contribution in [3.63, 3.8) is 0 Å². The summed E-state index contributed by atoms with van der Waals surface area (Å²) in [6, 6.07) is 4.64. The van der Waals surface area contributed by atoms with Gasteiger partial charge in [-0.15, -0.1) is 0 Å². The van der Waals surface area contributed by atoms with Crippen LogP contribution in [0.25, 0.3) is 0 Å². The molecule has 3 N–H and O–H groups in total. The minimum Gasteiger partial charge on any atom is -0.383 e. The van der Waals surface area contributed by atoms with Crippen molar-refractivity contribution in [1.29, 1.82) is 0 Å². The molecular formula is C21H24N4O4. The van der Waals surface area contributed by atoms with Gasteiger partial charge in [-0.05, 0) is 62.3 Å². The van der Waals surface area contributed by atoms with Crippen molar-refractivity contribution in [2.45, 2.75) is 44.2 Å². The van der Waals surface area contributed by atoms with Gasteiger partial charge in [0.25, 0.3) is 11.8 Å². The normalized spacial score (nSPS) is 29.2. The van der Waals surface area contributed by atoms with Gasteiger partial charge in [-0.3, -0.25) is 29.4 Å². The lowest BCUT2D eigenvalue weighted by atomic mass is 9.95. The maximum absolute atomic E-state index is 12.9. The van der Waals surface area contributed by atoms with E-state index in [1.165, 1.54) is 19.3 Å². The Morgan fingerprint density at radius 2 is 1.79 bits per heavy atom. The van der Waals surface area contributed by atoms with E-state index in [9.17, 15) is 19.2 Å². The Balaban J connectivity index is 1.30. The molecule has 3 aliphatic heterocycles. The van der Waals surface area contributed by atoms with Crippen LogP contribution < -0.4 is 16.0 Å². The maximum atomic E-state index is 12.9. The zero-order valence-corrected chi connectivity index (χ0v) is 16.1. The van der Waals surface area contributed by atoms with Gasteiger partial charge in [0.05, 0.1) is 11.1 Å². The van der Waals surface area contributed by atoms with Gasteiger partial charge in [0.15, 0.2) is 0 Å². The number of nitrogens with one attached hydrogen (secondary N) is 3. The van der Waals surface area contributed by atoms with E-state index in [1.54, 1.807) is 18.2 Å². The fourth-order valence-electron chi connectivity index (χ4n) is 4.91. The van der Waals surface area contributed by atoms with Crippen molar-refractivity contribution in [1.82, 2.24) is 15.5 Å². The second kappa shape index (κ2) is 6.95. The van der Waals surface area contributed by atoms with Crippen molar-refractivity contribution in [2.75, 3.05) is 18.4 Å². The first kappa shape index (κ1) is 18.3. The number of nitrogens with zero attached hydrogens (tertiary/aromatic N) is 1. The van der Waals surface area contributed by atoms with Crippen molar-refractivity contribution >= 4 is 29.3 Å². The molecule has 0 radical (unpaired) electrons. The summed E-state index contributed by atoms with van der Waals surface area (Å²) >= 11 is 0. The maximum Gasteiger partial charge on any atom is 0.262 e. The largest absolute Gasteiger partial charge is 0.383 e. The van der Waals surface area contributed by atoms with Crippen molar-refractivity contribution in [3.05, 3.63) is 29.3 Å². The second-order valence-electron chi connectivity index (χ2n) is 8.44. The van der Waals surface area contributed by atoms with Crippen LogP contribution in [0.2, 0.25) is 0 Å². The fourth-order valence-corrected chi connectivity index (χ4v) is 4.91. The van der Waals surface area contributed by atoms with Crippen LogP contribution in [-0.4, -0.2) is 53.7 Å². The molecule has 3 atom stereocenters. The summed E-state index contributed by atoms with van der Waals surface area (Å²) in [4.78, 5) is 50.2. The SMILES string of the molecule is O=C1CCC(N2C(=O)c3ccc(NCC4NCCC4C4CC4)cc3C2=O)C(=O)N1. The summed E-state index contributed by atoms with van der Waals surface area (Å²) in [7, 11) is 0. The lowest BCUT2D eigenvalue weighted by Crippen LogP contribution is -2.54. The average Bonchev–Trinajstić information content (AvgIpc) is 3.39. The van der Waals surface area contributed by atoms with Gasteiger partial charge in [-0.1, -0.05) is 0 Å². The highest BCUT2D eigenvalue weighted by Crippen LogP contribution is 2.42. The zero-order chi connectivity index (χ0) is 20.1. The molecular weight excluding hydrogens is 372 g/mol. The Labute approximate surface area is 168 Å². The van der Waals surface area contributed by atoms with E-state index in [2.05, 4.69) is 16.0 Å². The summed E-state index contributed by atoms with van der Waals surface area (Å²) in [5.74, 6) is -0.358. The molecule has 2 saturated heterocycles. The van der Waals surface area contributed by atoms with Crippen LogP contribution in [0.5, 0.6) is 0 Å². The van der Waals surface area contributed by atoms with E-state index in [4.69, 9.17) is 0 Å². The van der Waals surface area contributed by atoms with E-state index >= 15 is 0 Å². The molecule has 8 nitrogen and oxygen atoms in total. The number of carbonyl (C=O) groups is 4. The fraction of sp³-hybridized carbons (Fsp3) is 0.524. The molecule has 3 fully saturated rings. The molecule has 0 aromatic heterocycles. The van der Waals surface area contributed by atoms with Gasteiger partial charge in [-0.2, -0.15) is 0 Å². The predicted octanol–water partition coefficient (Wildman–Crippen LogP) is 0.888. The van der Waals surface area contributed by atoms with Crippen LogP contribution in [-0.2, 0) is 9.59 Å². The summed E-state index contributed by atoms with van der Waals surface area (Å²) in [6.07, 6.45) is 4.16. The monoisotopic (exact) mass is 396 g/mol. The third-order valence-electron chi connectivity index (χ3n) is 6.59. The van der Waals surface area contributed by atoms with Gasteiger partial charge in [0, 0.05) is 24.7 Å². The van der Waals surface area contributed by atoms with Crippen molar-refractivity contribution in [2.24, 2.45) is 11.8 Å². The molecule has 1 aliphatic carbocycles. The van der Waals surface area contributed by atoms with Crippen LogP contribution in [0.15, 0.2) is 18.2 Å². The van der Waals surface area contributed by atoms with Gasteiger partial charge in [-0.25, -0.2) is 0 Å². The first-order chi connectivity index (χ1) is 14.0. The Kier molecular flexibility index (Phi) is 4.38. The van der Waals surface area contributed by atoms with E-state index in [0.717, 1.165) is 29.6 Å². The number of amides is 4. The standard InChI is InChI=1S/C21H24N4O4/c26-18-6-5-17(19(27)24-18)25-20(28)14-4-3-12(9-15(14)21(25)29)23-10-16-13(7-8-22-16)11-1-2-11/h3-4,9,11,13,16-17,22-23H,1-2,5-8,10H2,(H,24,26,27). The summed E-state index contributed by atoms with van der Waals surface area (Å²) in [5.41, 5.74) is 1.40. The topological polar surface area (TPSA) is 108 Å². The highest BCUT2D eigenvalue weighted by atomic mass is 16.2. The van der Waals surface area contributed by atoms with Gasteiger partial charge < -0.3 is 10.6 Å². The molecule has 1 aromatic carbocycles. The van der Waals surface area contributed by atoms with Crippen LogP contribution in [0.3, 0.4) is 0 Å². The van der Waals surface area contributed by atoms with Crippen molar-refractivity contribution in [3.8, 4) is 0 Å². The molecule has 8 heteroatoms. The average molecular weight is 396 g/mol. The third-order valence-corrected chi connectivity index (χ3v) is 6.59. The molecule has 0 spiro atoms. The van der Waals surface area contributed by atoms with Crippen LogP contribution in [0.4, 0.5) is 5.69 Å². The molecule has 29 heavy (non-hydrogen) atoms. The smallest absolute Gasteiger partial charge is 0.262 e. The molecule has 152 valence electrons. The summed E-state index contributed by atoms with van der Waals surface area (Å²) < 4.78 is 0. The second-order valence-corrected chi connectivity index (χ2v) is 8.44. The first-order valence-corrected chi connectivity index (χ1v) is 10.4. The van der Waals surface area contributed by atoms with Crippen molar-refractivity contribution < 1.29 is 19.2 Å². The Hall–Kier alpha value is -2.74. The molecule has 0 bridgehead atoms. The van der Waals surface area contributed by atoms with Gasteiger partial charge in [0.2, 0.25) is 11.8 Å². The number of carbonyl (C=O) groups excluding carboxylic acids is 4. The number of imide groups is 2. The van der Waals surface area contributed by atoms with E-state index < -0.39 is 23.8 Å². The van der Waals surface area contributed by atoms with E-state index in [0.29, 0.717) is 23.1 Å². The predicted molar refractivity (Wildman–Crippen MR) is 104 cm³/mol. The summed E-state index contributed by atoms with van der Waals surface area (Å²) in [6.45, 7) is 1.82. The third kappa shape index (κ3) is 3.21. The van der Waals surface area contributed by atoms with E-state index in [-0.39, 0.29) is 18.7 Å². The minimum atomic E-state index is -0.932. The Bertz CT molecular complexity index is 910. The van der Waals surface area contributed by atoms with Crippen LogP contribution in [0.1, 0.15) is 52.8 Å². The number of piperidine rings is 1. The van der Waals surface area contributed by atoms with Crippen LogP contribution >= 0.6 is 0 Å². The molecule has 4 amide bonds. The first-order valence-electron chi connectivity index (χ1n) is 10.4. The number of rotatable bonds is 5. The minimum absolute atomic E-state index is 0.118. The molecule has 1 saturated carbocycles. The zero-order valence-electron chi connectivity index (χ0n) is 16.1. The number of hydrogen-bond acceptors (Lipinski definition) is 6.